The van der Waals surface area contributed by atoms with Gasteiger partial charge in [0.1, 0.15) is 0 Å². The van der Waals surface area contributed by atoms with Gasteiger partial charge in [0.05, 0.1) is 5.69 Å². The van der Waals surface area contributed by atoms with Crippen LogP contribution in [0.3, 0.4) is 0 Å². The Morgan fingerprint density at radius 3 is 1.24 bits per heavy atom. The fourth-order valence-electron chi connectivity index (χ4n) is 8.64. The normalized spacial score (nSPS) is 11.4. The monoisotopic (exact) mass is 736 g/mol. The number of pyridine rings is 2. The molecule has 2 heterocycles. The lowest BCUT2D eigenvalue weighted by Crippen LogP contribution is -1.93. The standard InChI is InChI=1S/C56H36N2/c1-3-9-44-33-46(23-17-37(44)7-1)39-13-19-42(20-14-39)55-50-11-5-6-12-51(50)56(43-21-15-40(16-22-43)47-24-18-38-8-2-4-10-45(38)34-47)53-35-48(25-27-52(53)55)54-28-26-49(36-58-54)41-29-31-57-32-30-41/h1-36H. The molecule has 0 spiro atoms. The predicted octanol–water partition coefficient (Wildman–Crippen LogP) is 15.1. The molecule has 0 aliphatic heterocycles. The van der Waals surface area contributed by atoms with Crippen LogP contribution in [-0.2, 0) is 0 Å². The summed E-state index contributed by atoms with van der Waals surface area (Å²) in [5.41, 5.74) is 13.9. The molecular formula is C56H36N2. The van der Waals surface area contributed by atoms with Gasteiger partial charge in [-0.3, -0.25) is 9.97 Å². The molecule has 0 saturated carbocycles. The molecule has 11 aromatic rings. The quantitative estimate of drug-likeness (QED) is 0.159. The SMILES string of the molecule is c1ccc2cc(-c3ccc(-c4c5ccccc5c(-c5ccc(-c6ccc7ccccc7c6)cc5)c5cc(-c6ccc(-c7ccncc7)cn6)ccc45)cc3)ccc2c1. The van der Waals surface area contributed by atoms with E-state index in [0.29, 0.717) is 0 Å². The largest absolute Gasteiger partial charge is 0.265 e. The molecule has 0 bridgehead atoms. The van der Waals surface area contributed by atoms with E-state index in [1.54, 1.807) is 0 Å². The van der Waals surface area contributed by atoms with E-state index in [2.05, 4.69) is 193 Å². The minimum Gasteiger partial charge on any atom is -0.265 e. The molecule has 0 amide bonds. The lowest BCUT2D eigenvalue weighted by atomic mass is 9.84. The third-order valence-corrected chi connectivity index (χ3v) is 11.6. The Hall–Kier alpha value is -7.68. The Kier molecular flexibility index (Phi) is 8.19. The van der Waals surface area contributed by atoms with Gasteiger partial charge in [-0.15, -0.1) is 0 Å². The minimum absolute atomic E-state index is 0.937. The maximum absolute atomic E-state index is 4.98. The summed E-state index contributed by atoms with van der Waals surface area (Å²) in [6, 6.07) is 72.8. The number of hydrogen-bond acceptors (Lipinski definition) is 2. The Morgan fingerprint density at radius 1 is 0.259 bits per heavy atom. The van der Waals surface area contributed by atoms with Gasteiger partial charge in [0.15, 0.2) is 0 Å². The second-order valence-electron chi connectivity index (χ2n) is 15.0. The summed E-state index contributed by atoms with van der Waals surface area (Å²) in [7, 11) is 0. The van der Waals surface area contributed by atoms with Crippen molar-refractivity contribution >= 4 is 43.1 Å². The van der Waals surface area contributed by atoms with Gasteiger partial charge in [0, 0.05) is 29.7 Å². The zero-order valence-electron chi connectivity index (χ0n) is 31.7. The van der Waals surface area contributed by atoms with Crippen molar-refractivity contribution in [3.63, 3.8) is 0 Å². The second kappa shape index (κ2) is 14.1. The summed E-state index contributed by atoms with van der Waals surface area (Å²) in [6.07, 6.45) is 5.60. The van der Waals surface area contributed by atoms with Crippen LogP contribution in [0, 0.1) is 0 Å². The molecule has 0 aliphatic rings. The first-order valence-electron chi connectivity index (χ1n) is 19.8. The van der Waals surface area contributed by atoms with Gasteiger partial charge in [-0.2, -0.15) is 0 Å². The second-order valence-corrected chi connectivity index (χ2v) is 15.0. The molecule has 0 aliphatic carbocycles. The predicted molar refractivity (Wildman–Crippen MR) is 245 cm³/mol. The molecule has 0 fully saturated rings. The zero-order chi connectivity index (χ0) is 38.4. The summed E-state index contributed by atoms with van der Waals surface area (Å²) in [4.78, 5) is 9.17. The van der Waals surface area contributed by atoms with Crippen molar-refractivity contribution in [2.75, 3.05) is 0 Å². The van der Waals surface area contributed by atoms with E-state index in [1.807, 2.05) is 30.7 Å². The van der Waals surface area contributed by atoms with Crippen LogP contribution in [-0.4, -0.2) is 9.97 Å². The van der Waals surface area contributed by atoms with E-state index < -0.39 is 0 Å². The molecule has 0 radical (unpaired) electrons. The smallest absolute Gasteiger partial charge is 0.0702 e. The van der Waals surface area contributed by atoms with E-state index in [9.17, 15) is 0 Å². The lowest BCUT2D eigenvalue weighted by Gasteiger charge is -2.19. The van der Waals surface area contributed by atoms with Crippen molar-refractivity contribution in [3.05, 3.63) is 219 Å². The maximum atomic E-state index is 4.98. The zero-order valence-corrected chi connectivity index (χ0v) is 31.7. The molecule has 58 heavy (non-hydrogen) atoms. The van der Waals surface area contributed by atoms with Crippen molar-refractivity contribution in [1.82, 2.24) is 9.97 Å². The topological polar surface area (TPSA) is 25.8 Å². The van der Waals surface area contributed by atoms with Crippen LogP contribution < -0.4 is 0 Å². The fourth-order valence-corrected chi connectivity index (χ4v) is 8.64. The third-order valence-electron chi connectivity index (χ3n) is 11.6. The van der Waals surface area contributed by atoms with Crippen molar-refractivity contribution in [2.45, 2.75) is 0 Å². The third kappa shape index (κ3) is 6.00. The van der Waals surface area contributed by atoms with Gasteiger partial charge in [0.25, 0.3) is 0 Å². The highest BCUT2D eigenvalue weighted by molar-refractivity contribution is 6.22. The Balaban J connectivity index is 1.08. The minimum atomic E-state index is 0.937. The van der Waals surface area contributed by atoms with E-state index in [4.69, 9.17) is 4.98 Å². The van der Waals surface area contributed by atoms with Crippen molar-refractivity contribution < 1.29 is 0 Å². The molecule has 2 heteroatoms. The number of benzene rings is 9. The summed E-state index contributed by atoms with van der Waals surface area (Å²) >= 11 is 0. The molecule has 2 aromatic heterocycles. The van der Waals surface area contributed by atoms with Crippen molar-refractivity contribution in [1.29, 1.82) is 0 Å². The van der Waals surface area contributed by atoms with E-state index in [0.717, 1.165) is 22.4 Å². The first kappa shape index (κ1) is 33.6. The highest BCUT2D eigenvalue weighted by Crippen LogP contribution is 2.45. The van der Waals surface area contributed by atoms with Gasteiger partial charge in [-0.25, -0.2) is 0 Å². The average molecular weight is 737 g/mol. The number of rotatable bonds is 6. The first-order chi connectivity index (χ1) is 28.7. The van der Waals surface area contributed by atoms with Gasteiger partial charge in [0.2, 0.25) is 0 Å². The van der Waals surface area contributed by atoms with Crippen LogP contribution in [0.5, 0.6) is 0 Å². The van der Waals surface area contributed by atoms with Gasteiger partial charge in [-0.05, 0) is 130 Å². The average Bonchev–Trinajstić information content (AvgIpc) is 3.31. The van der Waals surface area contributed by atoms with Crippen LogP contribution in [0.2, 0.25) is 0 Å². The summed E-state index contributed by atoms with van der Waals surface area (Å²) in [6.45, 7) is 0. The number of nitrogens with zero attached hydrogens (tertiary/aromatic N) is 2. The number of aromatic nitrogens is 2. The fraction of sp³-hybridized carbons (Fsp3) is 0. The van der Waals surface area contributed by atoms with E-state index in [-0.39, 0.29) is 0 Å². The van der Waals surface area contributed by atoms with Gasteiger partial charge < -0.3 is 0 Å². The van der Waals surface area contributed by atoms with E-state index >= 15 is 0 Å². The van der Waals surface area contributed by atoms with Crippen molar-refractivity contribution in [2.24, 2.45) is 0 Å². The Bertz CT molecular complexity index is 3290. The number of hydrogen-bond donors (Lipinski definition) is 0. The summed E-state index contributed by atoms with van der Waals surface area (Å²) in [5, 5.41) is 9.86. The van der Waals surface area contributed by atoms with Crippen LogP contribution >= 0.6 is 0 Å². The molecular weight excluding hydrogens is 701 g/mol. The van der Waals surface area contributed by atoms with E-state index in [1.165, 1.54) is 87.6 Å². The summed E-state index contributed by atoms with van der Waals surface area (Å²) < 4.78 is 0. The maximum Gasteiger partial charge on any atom is 0.0702 e. The number of fused-ring (bicyclic) bond motifs is 4. The van der Waals surface area contributed by atoms with Crippen molar-refractivity contribution in [3.8, 4) is 66.9 Å². The molecule has 2 nitrogen and oxygen atoms in total. The molecule has 11 rings (SSSR count). The van der Waals surface area contributed by atoms with Crippen LogP contribution in [0.15, 0.2) is 219 Å². The Morgan fingerprint density at radius 2 is 0.690 bits per heavy atom. The highest BCUT2D eigenvalue weighted by Gasteiger charge is 2.18. The van der Waals surface area contributed by atoms with Crippen LogP contribution in [0.1, 0.15) is 0 Å². The van der Waals surface area contributed by atoms with Crippen LogP contribution in [0.4, 0.5) is 0 Å². The molecule has 0 saturated heterocycles. The molecule has 0 atom stereocenters. The first-order valence-corrected chi connectivity index (χ1v) is 19.8. The molecule has 0 unspecified atom stereocenters. The van der Waals surface area contributed by atoms with Crippen LogP contribution in [0.25, 0.3) is 110 Å². The highest BCUT2D eigenvalue weighted by atomic mass is 14.7. The molecule has 9 aromatic carbocycles. The van der Waals surface area contributed by atoms with Gasteiger partial charge in [-0.1, -0.05) is 164 Å². The molecule has 0 N–H and O–H groups in total. The Labute approximate surface area is 337 Å². The van der Waals surface area contributed by atoms with Gasteiger partial charge >= 0.3 is 0 Å². The molecule has 270 valence electrons. The lowest BCUT2D eigenvalue weighted by molar-refractivity contribution is 1.30. The summed E-state index contributed by atoms with van der Waals surface area (Å²) in [5.74, 6) is 0.